The summed E-state index contributed by atoms with van der Waals surface area (Å²) in [6.45, 7) is 0.429. The van der Waals surface area contributed by atoms with Crippen LogP contribution in [-0.4, -0.2) is 19.9 Å². The smallest absolute Gasteiger partial charge is 0.242 e. The second kappa shape index (κ2) is 5.49. The normalized spacial score (nSPS) is 15.7. The molecule has 0 amide bonds. The lowest BCUT2D eigenvalue weighted by atomic mass is 10.2. The van der Waals surface area contributed by atoms with E-state index >= 15 is 0 Å². The first kappa shape index (κ1) is 13.0. The largest absolute Gasteiger partial charge is 0.384 e. The number of nitrogens with one attached hydrogen (secondary N) is 1. The van der Waals surface area contributed by atoms with E-state index < -0.39 is 10.0 Å². The maximum absolute atomic E-state index is 11.9. The Kier molecular flexibility index (Phi) is 3.98. The van der Waals surface area contributed by atoms with Gasteiger partial charge in [-0.2, -0.15) is 0 Å². The average Bonchev–Trinajstić information content (AvgIpc) is 2.82. The van der Waals surface area contributed by atoms with Gasteiger partial charge in [0.25, 0.3) is 0 Å². The molecule has 6 heteroatoms. The van der Waals surface area contributed by atoms with E-state index in [1.165, 1.54) is 30.3 Å². The summed E-state index contributed by atoms with van der Waals surface area (Å²) in [6.07, 6.45) is 7.63. The molecule has 3 N–H and O–H groups in total. The van der Waals surface area contributed by atoms with Gasteiger partial charge in [-0.15, -0.1) is 0 Å². The van der Waals surface area contributed by atoms with Crippen molar-refractivity contribution in [2.24, 2.45) is 0 Å². The zero-order valence-corrected chi connectivity index (χ0v) is 10.9. The third kappa shape index (κ3) is 3.30. The van der Waals surface area contributed by atoms with E-state index in [2.05, 4.69) is 15.8 Å². The van der Waals surface area contributed by atoms with Crippen LogP contribution in [-0.2, 0) is 10.0 Å². The molecule has 0 spiro atoms. The predicted octanol–water partition coefficient (Wildman–Crippen LogP) is 1.44. The Hall–Kier alpha value is -1.40. The lowest BCUT2D eigenvalue weighted by Gasteiger charge is -2.07. The highest BCUT2D eigenvalue weighted by atomic mass is 32.2. The average molecular weight is 267 g/mol. The van der Waals surface area contributed by atoms with Crippen LogP contribution in [0.2, 0.25) is 0 Å². The molecule has 0 fully saturated rings. The third-order valence-electron chi connectivity index (χ3n) is 2.94. The molecule has 1 aliphatic rings. The molecule has 0 bridgehead atoms. The fraction of sp³-hybridized carbons (Fsp3) is 0.417. The van der Waals surface area contributed by atoms with E-state index in [-0.39, 0.29) is 4.90 Å². The molecule has 0 saturated carbocycles. The van der Waals surface area contributed by atoms with Gasteiger partial charge in [0.1, 0.15) is 10.7 Å². The topological polar surface area (TPSA) is 85.1 Å². The van der Waals surface area contributed by atoms with Crippen LogP contribution in [0.1, 0.15) is 25.7 Å². The summed E-state index contributed by atoms with van der Waals surface area (Å²) in [4.78, 5) is 3.93. The van der Waals surface area contributed by atoms with Gasteiger partial charge in [-0.1, -0.05) is 11.6 Å². The standard InChI is InChI=1S/C12H17N3O2S/c13-12-6-5-11(9-14-12)18(16,17)15-8-7-10-3-1-2-4-10/h3,5-6,9,15H,1-2,4,7-8H2,(H2,13,14). The summed E-state index contributed by atoms with van der Waals surface area (Å²) in [5.74, 6) is 0.310. The second-order valence-electron chi connectivity index (χ2n) is 4.32. The van der Waals surface area contributed by atoms with Crippen LogP contribution in [0.5, 0.6) is 0 Å². The van der Waals surface area contributed by atoms with Gasteiger partial charge in [0.2, 0.25) is 10.0 Å². The van der Waals surface area contributed by atoms with Crippen molar-refractivity contribution in [3.63, 3.8) is 0 Å². The Bertz CT molecular complexity index is 535. The van der Waals surface area contributed by atoms with E-state index in [1.807, 2.05) is 0 Å². The van der Waals surface area contributed by atoms with Crippen molar-refractivity contribution in [3.8, 4) is 0 Å². The number of hydrogen-bond donors (Lipinski definition) is 2. The van der Waals surface area contributed by atoms with E-state index in [9.17, 15) is 8.42 Å². The lowest BCUT2D eigenvalue weighted by molar-refractivity contribution is 0.581. The molecule has 98 valence electrons. The van der Waals surface area contributed by atoms with Crippen LogP contribution >= 0.6 is 0 Å². The van der Waals surface area contributed by atoms with Crippen molar-refractivity contribution in [2.75, 3.05) is 12.3 Å². The van der Waals surface area contributed by atoms with Crippen LogP contribution in [0, 0.1) is 0 Å². The van der Waals surface area contributed by atoms with Gasteiger partial charge < -0.3 is 5.73 Å². The fourth-order valence-corrected chi connectivity index (χ4v) is 2.92. The molecule has 0 aliphatic heterocycles. The van der Waals surface area contributed by atoms with Crippen LogP contribution in [0.15, 0.2) is 34.9 Å². The summed E-state index contributed by atoms with van der Waals surface area (Å²) in [6, 6.07) is 2.94. The minimum atomic E-state index is -3.46. The summed E-state index contributed by atoms with van der Waals surface area (Å²) in [7, 11) is -3.46. The van der Waals surface area contributed by atoms with Gasteiger partial charge in [0.05, 0.1) is 0 Å². The van der Waals surface area contributed by atoms with Crippen molar-refractivity contribution < 1.29 is 8.42 Å². The van der Waals surface area contributed by atoms with Gasteiger partial charge in [0, 0.05) is 12.7 Å². The first-order chi connectivity index (χ1) is 8.58. The first-order valence-corrected chi connectivity index (χ1v) is 7.45. The predicted molar refractivity (Wildman–Crippen MR) is 70.4 cm³/mol. The molecule has 1 heterocycles. The van der Waals surface area contributed by atoms with Crippen molar-refractivity contribution >= 4 is 15.8 Å². The molecule has 0 radical (unpaired) electrons. The number of allylic oxidation sites excluding steroid dienone is 1. The van der Waals surface area contributed by atoms with E-state index in [4.69, 9.17) is 5.73 Å². The van der Waals surface area contributed by atoms with Gasteiger partial charge in [-0.05, 0) is 37.8 Å². The molecular formula is C12H17N3O2S. The summed E-state index contributed by atoms with van der Waals surface area (Å²) >= 11 is 0. The minimum absolute atomic E-state index is 0.150. The summed E-state index contributed by atoms with van der Waals surface area (Å²) < 4.78 is 26.4. The van der Waals surface area contributed by atoms with Gasteiger partial charge >= 0.3 is 0 Å². The molecule has 2 rings (SSSR count). The first-order valence-electron chi connectivity index (χ1n) is 5.97. The van der Waals surface area contributed by atoms with Crippen LogP contribution in [0.4, 0.5) is 5.82 Å². The van der Waals surface area contributed by atoms with Crippen molar-refractivity contribution in [2.45, 2.75) is 30.6 Å². The van der Waals surface area contributed by atoms with Crippen molar-refractivity contribution in [1.29, 1.82) is 0 Å². The van der Waals surface area contributed by atoms with Gasteiger partial charge in [0.15, 0.2) is 0 Å². The highest BCUT2D eigenvalue weighted by molar-refractivity contribution is 7.89. The number of hydrogen-bond acceptors (Lipinski definition) is 4. The molecule has 1 aromatic heterocycles. The molecule has 0 atom stereocenters. The maximum atomic E-state index is 11.9. The Morgan fingerprint density at radius 3 is 2.83 bits per heavy atom. The second-order valence-corrected chi connectivity index (χ2v) is 6.09. The maximum Gasteiger partial charge on any atom is 0.242 e. The summed E-state index contributed by atoms with van der Waals surface area (Å²) in [5, 5.41) is 0. The monoisotopic (exact) mass is 267 g/mol. The Morgan fingerprint density at radius 2 is 2.22 bits per heavy atom. The lowest BCUT2D eigenvalue weighted by Crippen LogP contribution is -2.25. The Labute approximate surface area is 107 Å². The van der Waals surface area contributed by atoms with Crippen molar-refractivity contribution in [3.05, 3.63) is 30.0 Å². The van der Waals surface area contributed by atoms with Crippen LogP contribution in [0.3, 0.4) is 0 Å². The number of pyridine rings is 1. The molecule has 0 saturated heterocycles. The Morgan fingerprint density at radius 1 is 1.39 bits per heavy atom. The summed E-state index contributed by atoms with van der Waals surface area (Å²) in [5.41, 5.74) is 6.76. The van der Waals surface area contributed by atoms with Gasteiger partial charge in [-0.25, -0.2) is 18.1 Å². The molecule has 5 nitrogen and oxygen atoms in total. The zero-order chi connectivity index (χ0) is 13.0. The number of anilines is 1. The van der Waals surface area contributed by atoms with E-state index in [1.54, 1.807) is 0 Å². The fourth-order valence-electron chi connectivity index (χ4n) is 1.94. The van der Waals surface area contributed by atoms with E-state index in [0.717, 1.165) is 19.3 Å². The van der Waals surface area contributed by atoms with E-state index in [0.29, 0.717) is 12.4 Å². The molecule has 1 aromatic rings. The van der Waals surface area contributed by atoms with Gasteiger partial charge in [-0.3, -0.25) is 0 Å². The number of aromatic nitrogens is 1. The molecule has 0 aromatic carbocycles. The molecule has 0 unspecified atom stereocenters. The highest BCUT2D eigenvalue weighted by Gasteiger charge is 2.14. The Balaban J connectivity index is 1.92. The van der Waals surface area contributed by atoms with Crippen LogP contribution in [0.25, 0.3) is 0 Å². The zero-order valence-electron chi connectivity index (χ0n) is 10.1. The molecular weight excluding hydrogens is 250 g/mol. The molecule has 18 heavy (non-hydrogen) atoms. The minimum Gasteiger partial charge on any atom is -0.384 e. The SMILES string of the molecule is Nc1ccc(S(=O)(=O)NCCC2=CCCC2)cn1. The highest BCUT2D eigenvalue weighted by Crippen LogP contribution is 2.20. The van der Waals surface area contributed by atoms with Crippen molar-refractivity contribution in [1.82, 2.24) is 9.71 Å². The number of rotatable bonds is 5. The number of sulfonamides is 1. The number of nitrogens with zero attached hydrogens (tertiary/aromatic N) is 1. The number of nitrogen functional groups attached to an aromatic ring is 1. The van der Waals surface area contributed by atoms with Crippen LogP contribution < -0.4 is 10.5 Å². The quantitative estimate of drug-likeness (QED) is 0.791. The molecule has 1 aliphatic carbocycles. The number of nitrogens with two attached hydrogens (primary N) is 1. The third-order valence-corrected chi connectivity index (χ3v) is 4.39.